The van der Waals surface area contributed by atoms with Gasteiger partial charge in [-0.15, -0.1) is 0 Å². The van der Waals surface area contributed by atoms with Crippen molar-refractivity contribution in [1.82, 2.24) is 4.90 Å². The Morgan fingerprint density at radius 2 is 2.04 bits per heavy atom. The van der Waals surface area contributed by atoms with Crippen molar-refractivity contribution in [2.45, 2.75) is 51.2 Å². The van der Waals surface area contributed by atoms with Crippen LogP contribution in [0.1, 0.15) is 40.0 Å². The third-order valence-corrected chi connectivity index (χ3v) is 5.32. The Labute approximate surface area is 136 Å². The Bertz CT molecular complexity index is 552. The van der Waals surface area contributed by atoms with Crippen LogP contribution < -0.4 is 0 Å². The fourth-order valence-electron chi connectivity index (χ4n) is 4.33. The van der Waals surface area contributed by atoms with Gasteiger partial charge in [0.2, 0.25) is 0 Å². The lowest BCUT2D eigenvalue weighted by molar-refractivity contribution is -0.180. The van der Waals surface area contributed by atoms with Crippen molar-refractivity contribution < 1.29 is 23.8 Å². The van der Waals surface area contributed by atoms with Crippen molar-refractivity contribution in [2.75, 3.05) is 20.2 Å². The molecule has 1 spiro atoms. The molecule has 1 saturated heterocycles. The molecule has 0 aromatic heterocycles. The van der Waals surface area contributed by atoms with E-state index in [1.807, 2.05) is 26.8 Å². The van der Waals surface area contributed by atoms with E-state index >= 15 is 0 Å². The van der Waals surface area contributed by atoms with Gasteiger partial charge in [0.15, 0.2) is 0 Å². The molecule has 0 unspecified atom stereocenters. The molecule has 0 aromatic carbocycles. The minimum absolute atomic E-state index is 0.211. The molecule has 0 bridgehead atoms. The molecule has 3 rings (SSSR count). The standard InChI is InChI=1S/C17H25NO5/c1-15(2,3)23-14(20)18-9-8-17-12(6-10-22-17)5-7-16(17,11-18)13(19)21-4/h6,10,12H,5,7-9,11H2,1-4H3/t12-,16-,17+/m1/s1. The quantitative estimate of drug-likeness (QED) is 0.694. The molecule has 23 heavy (non-hydrogen) atoms. The van der Waals surface area contributed by atoms with E-state index in [0.717, 1.165) is 6.42 Å². The Hall–Kier alpha value is -1.72. The van der Waals surface area contributed by atoms with Gasteiger partial charge in [-0.25, -0.2) is 4.79 Å². The van der Waals surface area contributed by atoms with Crippen LogP contribution in [0.5, 0.6) is 0 Å². The number of carbonyl (C=O) groups is 2. The number of hydrogen-bond acceptors (Lipinski definition) is 5. The molecule has 0 N–H and O–H groups in total. The molecule has 2 fully saturated rings. The number of likely N-dealkylation sites (tertiary alicyclic amines) is 1. The summed E-state index contributed by atoms with van der Waals surface area (Å²) in [5.74, 6) is -0.0839. The van der Waals surface area contributed by atoms with E-state index in [-0.39, 0.29) is 24.5 Å². The number of piperidine rings is 1. The molecule has 2 aliphatic heterocycles. The monoisotopic (exact) mass is 323 g/mol. The van der Waals surface area contributed by atoms with Crippen molar-refractivity contribution in [2.24, 2.45) is 11.3 Å². The molecule has 3 aliphatic rings. The molecule has 6 nitrogen and oxygen atoms in total. The molecular formula is C17H25NO5. The maximum Gasteiger partial charge on any atom is 0.410 e. The maximum absolute atomic E-state index is 12.7. The molecule has 1 aliphatic carbocycles. The van der Waals surface area contributed by atoms with Gasteiger partial charge in [0.25, 0.3) is 0 Å². The lowest BCUT2D eigenvalue weighted by Gasteiger charge is -2.49. The highest BCUT2D eigenvalue weighted by Crippen LogP contribution is 2.59. The van der Waals surface area contributed by atoms with Gasteiger partial charge in [0.1, 0.15) is 16.6 Å². The topological polar surface area (TPSA) is 65.1 Å². The van der Waals surface area contributed by atoms with Crippen molar-refractivity contribution >= 4 is 12.1 Å². The number of rotatable bonds is 1. The predicted molar refractivity (Wildman–Crippen MR) is 82.6 cm³/mol. The van der Waals surface area contributed by atoms with Gasteiger partial charge in [-0.05, 0) is 39.7 Å². The van der Waals surface area contributed by atoms with Crippen molar-refractivity contribution in [1.29, 1.82) is 0 Å². The van der Waals surface area contributed by atoms with Crippen LogP contribution in [-0.4, -0.2) is 48.4 Å². The lowest BCUT2D eigenvalue weighted by Crippen LogP contribution is -2.63. The molecule has 128 valence electrons. The van der Waals surface area contributed by atoms with E-state index in [1.54, 1.807) is 11.2 Å². The second-order valence-electron chi connectivity index (χ2n) is 7.71. The molecule has 1 saturated carbocycles. The summed E-state index contributed by atoms with van der Waals surface area (Å²) in [5.41, 5.74) is -1.95. The summed E-state index contributed by atoms with van der Waals surface area (Å²) in [6.45, 7) is 6.31. The number of hydrogen-bond donors (Lipinski definition) is 0. The van der Waals surface area contributed by atoms with Crippen LogP contribution in [0.3, 0.4) is 0 Å². The van der Waals surface area contributed by atoms with Gasteiger partial charge in [-0.1, -0.05) is 0 Å². The zero-order valence-electron chi connectivity index (χ0n) is 14.3. The first-order valence-electron chi connectivity index (χ1n) is 8.15. The number of carbonyl (C=O) groups excluding carboxylic acids is 2. The number of nitrogens with zero attached hydrogens (tertiary/aromatic N) is 1. The van der Waals surface area contributed by atoms with Gasteiger partial charge in [-0.3, -0.25) is 4.79 Å². The van der Waals surface area contributed by atoms with E-state index in [2.05, 4.69) is 0 Å². The maximum atomic E-state index is 12.7. The summed E-state index contributed by atoms with van der Waals surface area (Å²) in [6, 6.07) is 0. The molecule has 6 heteroatoms. The average molecular weight is 323 g/mol. The molecular weight excluding hydrogens is 298 g/mol. The van der Waals surface area contributed by atoms with Gasteiger partial charge in [0.05, 0.1) is 13.4 Å². The van der Waals surface area contributed by atoms with Crippen LogP contribution in [0.4, 0.5) is 4.79 Å². The second-order valence-corrected chi connectivity index (χ2v) is 7.71. The first-order valence-corrected chi connectivity index (χ1v) is 8.15. The number of ether oxygens (including phenoxy) is 3. The Balaban J connectivity index is 1.88. The van der Waals surface area contributed by atoms with Crippen LogP contribution in [0, 0.1) is 11.3 Å². The van der Waals surface area contributed by atoms with Crippen LogP contribution in [0.15, 0.2) is 12.3 Å². The lowest BCUT2D eigenvalue weighted by atomic mass is 9.67. The predicted octanol–water partition coefficient (Wildman–Crippen LogP) is 2.48. The van der Waals surface area contributed by atoms with E-state index in [9.17, 15) is 9.59 Å². The molecule has 0 aromatic rings. The Morgan fingerprint density at radius 3 is 2.70 bits per heavy atom. The summed E-state index contributed by atoms with van der Waals surface area (Å²) < 4.78 is 16.5. The van der Waals surface area contributed by atoms with E-state index < -0.39 is 16.6 Å². The van der Waals surface area contributed by atoms with E-state index in [1.165, 1.54) is 7.11 Å². The second kappa shape index (κ2) is 5.14. The van der Waals surface area contributed by atoms with E-state index in [4.69, 9.17) is 14.2 Å². The number of amides is 1. The van der Waals surface area contributed by atoms with E-state index in [0.29, 0.717) is 19.4 Å². The average Bonchev–Trinajstić information content (AvgIpc) is 3.00. The van der Waals surface area contributed by atoms with Gasteiger partial charge in [0, 0.05) is 25.4 Å². The van der Waals surface area contributed by atoms with Gasteiger partial charge < -0.3 is 19.1 Å². The summed E-state index contributed by atoms with van der Waals surface area (Å²) >= 11 is 0. The highest BCUT2D eigenvalue weighted by atomic mass is 16.6. The SMILES string of the molecule is COC(=O)[C@]12CC[C@@H]3C=CO[C@@]31CCN(C(=O)OC(C)(C)C)C2. The highest BCUT2D eigenvalue weighted by Gasteiger charge is 2.69. The van der Waals surface area contributed by atoms with Gasteiger partial charge in [-0.2, -0.15) is 0 Å². The fourth-order valence-corrected chi connectivity index (χ4v) is 4.33. The van der Waals surface area contributed by atoms with Crippen LogP contribution in [-0.2, 0) is 19.0 Å². The minimum Gasteiger partial charge on any atom is -0.493 e. The normalized spacial score (nSPS) is 35.3. The summed E-state index contributed by atoms with van der Waals surface area (Å²) in [5, 5.41) is 0. The molecule has 3 atom stereocenters. The molecule has 1 amide bonds. The number of methoxy groups -OCH3 is 1. The zero-order chi connectivity index (χ0) is 16.9. The smallest absolute Gasteiger partial charge is 0.410 e. The first kappa shape index (κ1) is 16.1. The summed E-state index contributed by atoms with van der Waals surface area (Å²) in [6.07, 6.45) is 5.49. The molecule has 2 heterocycles. The minimum atomic E-state index is -0.814. The third kappa shape index (κ3) is 2.30. The number of esters is 1. The van der Waals surface area contributed by atoms with Gasteiger partial charge >= 0.3 is 12.1 Å². The fraction of sp³-hybridized carbons (Fsp3) is 0.765. The van der Waals surface area contributed by atoms with Crippen molar-refractivity contribution in [3.8, 4) is 0 Å². The highest BCUT2D eigenvalue weighted by molar-refractivity contribution is 5.81. The van der Waals surface area contributed by atoms with Crippen LogP contribution in [0.25, 0.3) is 0 Å². The van der Waals surface area contributed by atoms with Crippen LogP contribution >= 0.6 is 0 Å². The summed E-state index contributed by atoms with van der Waals surface area (Å²) in [4.78, 5) is 26.7. The zero-order valence-corrected chi connectivity index (χ0v) is 14.3. The van der Waals surface area contributed by atoms with Crippen molar-refractivity contribution in [3.63, 3.8) is 0 Å². The molecule has 0 radical (unpaired) electrons. The third-order valence-electron chi connectivity index (χ3n) is 5.32. The Morgan fingerprint density at radius 1 is 1.30 bits per heavy atom. The first-order chi connectivity index (χ1) is 10.7. The Kier molecular flexibility index (Phi) is 3.61. The van der Waals surface area contributed by atoms with Crippen molar-refractivity contribution in [3.05, 3.63) is 12.3 Å². The van der Waals surface area contributed by atoms with Crippen LogP contribution in [0.2, 0.25) is 0 Å². The summed E-state index contributed by atoms with van der Waals surface area (Å²) in [7, 11) is 1.40. The largest absolute Gasteiger partial charge is 0.493 e.